The fourth-order valence-corrected chi connectivity index (χ4v) is 1.57. The molecule has 3 N–H and O–H groups in total. The number of halogens is 3. The molecule has 1 aromatic carbocycles. The molecule has 1 unspecified atom stereocenters. The maximum absolute atomic E-state index is 12.2. The van der Waals surface area contributed by atoms with E-state index in [1.54, 1.807) is 0 Å². The van der Waals surface area contributed by atoms with Gasteiger partial charge in [0.2, 0.25) is 0 Å². The van der Waals surface area contributed by atoms with E-state index in [0.29, 0.717) is 5.69 Å². The van der Waals surface area contributed by atoms with E-state index in [2.05, 4.69) is 21.0 Å². The number of hydrogen-bond acceptors (Lipinski definition) is 2. The minimum atomic E-state index is -4.75. The van der Waals surface area contributed by atoms with Gasteiger partial charge in [-0.2, -0.15) is 0 Å². The van der Waals surface area contributed by atoms with Gasteiger partial charge in [-0.1, -0.05) is 32.8 Å². The van der Waals surface area contributed by atoms with Crippen molar-refractivity contribution >= 4 is 11.6 Å². The van der Waals surface area contributed by atoms with Crippen LogP contribution >= 0.6 is 0 Å². The van der Waals surface area contributed by atoms with E-state index in [4.69, 9.17) is 12.2 Å². The first-order valence-electron chi connectivity index (χ1n) is 6.43. The van der Waals surface area contributed by atoms with Crippen LogP contribution in [0.15, 0.2) is 29.3 Å². The highest BCUT2D eigenvalue weighted by molar-refractivity contribution is 5.92. The summed E-state index contributed by atoms with van der Waals surface area (Å²) in [6, 6.07) is 4.82. The van der Waals surface area contributed by atoms with Crippen molar-refractivity contribution < 1.29 is 17.9 Å². The molecule has 0 heterocycles. The van der Waals surface area contributed by atoms with E-state index < -0.39 is 12.4 Å². The largest absolute Gasteiger partial charge is 0.573 e. The van der Waals surface area contributed by atoms with Gasteiger partial charge < -0.3 is 15.8 Å². The number of hydrogen-bond donors (Lipinski definition) is 2. The van der Waals surface area contributed by atoms with Gasteiger partial charge in [-0.3, -0.25) is 0 Å². The van der Waals surface area contributed by atoms with Crippen LogP contribution in [0.4, 0.5) is 18.9 Å². The fourth-order valence-electron chi connectivity index (χ4n) is 1.57. The molecule has 0 bridgehead atoms. The van der Waals surface area contributed by atoms with Crippen molar-refractivity contribution in [2.45, 2.75) is 33.2 Å². The highest BCUT2D eigenvalue weighted by Crippen LogP contribution is 2.25. The average Bonchev–Trinajstić information content (AvgIpc) is 2.32. The summed E-state index contributed by atoms with van der Waals surface area (Å²) < 4.78 is 40.3. The smallest absolute Gasteiger partial charge is 0.406 e. The van der Waals surface area contributed by atoms with Gasteiger partial charge >= 0.3 is 6.36 Å². The number of rotatable bonds is 3. The molecular formula is C15H18F3N3O. The lowest BCUT2D eigenvalue weighted by Gasteiger charge is -2.23. The van der Waals surface area contributed by atoms with Crippen LogP contribution in [0.2, 0.25) is 0 Å². The van der Waals surface area contributed by atoms with Gasteiger partial charge in [0.25, 0.3) is 0 Å². The van der Waals surface area contributed by atoms with Crippen LogP contribution in [0.1, 0.15) is 20.8 Å². The molecule has 0 saturated heterocycles. The Balaban J connectivity index is 2.87. The van der Waals surface area contributed by atoms with Crippen molar-refractivity contribution in [3.05, 3.63) is 24.3 Å². The molecule has 1 rings (SSSR count). The fraction of sp³-hybridized carbons (Fsp3) is 0.400. The highest BCUT2D eigenvalue weighted by Gasteiger charge is 2.31. The van der Waals surface area contributed by atoms with Crippen LogP contribution in [0, 0.1) is 17.8 Å². The number of nitrogens with zero attached hydrogens (tertiary/aromatic N) is 1. The Labute approximate surface area is 127 Å². The van der Waals surface area contributed by atoms with E-state index in [1.165, 1.54) is 18.2 Å². The number of anilines is 1. The van der Waals surface area contributed by atoms with Gasteiger partial charge in [0, 0.05) is 11.8 Å². The highest BCUT2D eigenvalue weighted by atomic mass is 19.4. The van der Waals surface area contributed by atoms with Crippen molar-refractivity contribution in [3.8, 4) is 18.1 Å². The third kappa shape index (κ3) is 5.95. The third-order valence-electron chi connectivity index (χ3n) is 2.59. The second kappa shape index (κ2) is 6.60. The lowest BCUT2D eigenvalue weighted by molar-refractivity contribution is -0.274. The van der Waals surface area contributed by atoms with Crippen molar-refractivity contribution in [2.24, 2.45) is 16.1 Å². The normalized spacial score (nSPS) is 14.1. The predicted molar refractivity (Wildman–Crippen MR) is 80.4 cm³/mol. The van der Waals surface area contributed by atoms with Gasteiger partial charge in [-0.15, -0.1) is 19.6 Å². The maximum atomic E-state index is 12.2. The van der Waals surface area contributed by atoms with Crippen LogP contribution in [0.3, 0.4) is 0 Å². The molecule has 120 valence electrons. The minimum Gasteiger partial charge on any atom is -0.406 e. The lowest BCUT2D eigenvalue weighted by atomic mass is 9.88. The Morgan fingerprint density at radius 3 is 2.50 bits per heavy atom. The topological polar surface area (TPSA) is 59.6 Å². The molecule has 0 aliphatic rings. The van der Waals surface area contributed by atoms with E-state index >= 15 is 0 Å². The van der Waals surface area contributed by atoms with E-state index in [-0.39, 0.29) is 17.1 Å². The number of guanidine groups is 1. The predicted octanol–water partition coefficient (Wildman–Crippen LogP) is 3.36. The maximum Gasteiger partial charge on any atom is 0.573 e. The molecule has 22 heavy (non-hydrogen) atoms. The molecule has 0 spiro atoms. The number of ether oxygens (including phenoxy) is 1. The zero-order valence-electron chi connectivity index (χ0n) is 12.5. The summed E-state index contributed by atoms with van der Waals surface area (Å²) >= 11 is 0. The van der Waals surface area contributed by atoms with Crippen LogP contribution in [0.5, 0.6) is 5.75 Å². The summed E-state index contributed by atoms with van der Waals surface area (Å²) in [6.45, 7) is 5.73. The number of terminal acetylenes is 1. The number of nitrogens with two attached hydrogens (primary N) is 1. The van der Waals surface area contributed by atoms with Gasteiger partial charge in [0.15, 0.2) is 5.96 Å². The monoisotopic (exact) mass is 313 g/mol. The van der Waals surface area contributed by atoms with Crippen molar-refractivity contribution in [2.75, 3.05) is 5.32 Å². The summed E-state index contributed by atoms with van der Waals surface area (Å²) in [5, 5.41) is 2.69. The molecule has 0 aliphatic heterocycles. The molecule has 0 radical (unpaired) electrons. The lowest BCUT2D eigenvalue weighted by Crippen LogP contribution is -2.30. The first kappa shape index (κ1) is 17.7. The number of nitrogens with one attached hydrogen (secondary N) is 1. The molecule has 0 amide bonds. The molecule has 0 aromatic heterocycles. The van der Waals surface area contributed by atoms with E-state index in [1.807, 2.05) is 20.8 Å². The molecule has 7 heteroatoms. The third-order valence-corrected chi connectivity index (χ3v) is 2.59. The quantitative estimate of drug-likeness (QED) is 0.511. The summed E-state index contributed by atoms with van der Waals surface area (Å²) in [6.07, 6.45) is 0.658. The number of alkyl halides is 3. The standard InChI is InChI=1S/C15H18F3N3O/c1-5-12(14(2,3)4)21-13(19)20-10-7-6-8-11(9-10)22-15(16,17)18/h1,6-9,12H,2-4H3,(H3,19,20,21). The Morgan fingerprint density at radius 2 is 2.00 bits per heavy atom. The summed E-state index contributed by atoms with van der Waals surface area (Å²) in [5.41, 5.74) is 5.76. The van der Waals surface area contributed by atoms with Gasteiger partial charge in [0.1, 0.15) is 11.8 Å². The van der Waals surface area contributed by atoms with Crippen LogP contribution in [-0.2, 0) is 0 Å². The van der Waals surface area contributed by atoms with Crippen LogP contribution in [-0.4, -0.2) is 18.4 Å². The van der Waals surface area contributed by atoms with Crippen molar-refractivity contribution in [3.63, 3.8) is 0 Å². The van der Waals surface area contributed by atoms with Gasteiger partial charge in [-0.25, -0.2) is 4.99 Å². The molecule has 0 fully saturated rings. The van der Waals surface area contributed by atoms with E-state index in [9.17, 15) is 13.2 Å². The second-order valence-corrected chi connectivity index (χ2v) is 5.65. The molecule has 0 saturated carbocycles. The van der Waals surface area contributed by atoms with Crippen LogP contribution in [0.25, 0.3) is 0 Å². The Bertz CT molecular complexity index is 583. The zero-order chi connectivity index (χ0) is 17.0. The SMILES string of the molecule is C#CC(N=C(N)Nc1cccc(OC(F)(F)F)c1)C(C)(C)C. The number of benzene rings is 1. The number of aliphatic imine (C=N–C) groups is 1. The van der Waals surface area contributed by atoms with Gasteiger partial charge in [-0.05, 0) is 17.5 Å². The Morgan fingerprint density at radius 1 is 1.36 bits per heavy atom. The van der Waals surface area contributed by atoms with E-state index in [0.717, 1.165) is 6.07 Å². The molecular weight excluding hydrogens is 295 g/mol. The Hall–Kier alpha value is -2.36. The van der Waals surface area contributed by atoms with Crippen molar-refractivity contribution in [1.82, 2.24) is 0 Å². The Kier molecular flexibility index (Phi) is 5.31. The minimum absolute atomic E-state index is 0.0158. The zero-order valence-corrected chi connectivity index (χ0v) is 12.5. The molecule has 1 atom stereocenters. The second-order valence-electron chi connectivity index (χ2n) is 5.65. The van der Waals surface area contributed by atoms with Crippen molar-refractivity contribution in [1.29, 1.82) is 0 Å². The molecule has 4 nitrogen and oxygen atoms in total. The molecule has 0 aliphatic carbocycles. The first-order chi connectivity index (χ1) is 10.0. The summed E-state index contributed by atoms with van der Waals surface area (Å²) in [4.78, 5) is 4.15. The first-order valence-corrected chi connectivity index (χ1v) is 6.43. The van der Waals surface area contributed by atoms with Gasteiger partial charge in [0.05, 0.1) is 0 Å². The molecule has 1 aromatic rings. The van der Waals surface area contributed by atoms with Crippen LogP contribution < -0.4 is 15.8 Å². The average molecular weight is 313 g/mol. The summed E-state index contributed by atoms with van der Waals surface area (Å²) in [7, 11) is 0. The summed E-state index contributed by atoms with van der Waals surface area (Å²) in [5.74, 6) is 2.18.